The smallest absolute Gasteiger partial charge is 0.337 e. The van der Waals surface area contributed by atoms with Crippen LogP contribution in [0.15, 0.2) is 11.4 Å². The molecule has 0 saturated carbocycles. The average Bonchev–Trinajstić information content (AvgIpc) is 2.47. The van der Waals surface area contributed by atoms with E-state index in [0.717, 1.165) is 11.3 Å². The van der Waals surface area contributed by atoms with Crippen LogP contribution in [-0.4, -0.2) is 17.0 Å². The van der Waals surface area contributed by atoms with E-state index in [1.165, 1.54) is 6.07 Å². The lowest BCUT2D eigenvalue weighted by Gasteiger charge is -1.87. The molecule has 1 aromatic heterocycles. The first kappa shape index (κ1) is 9.29. The summed E-state index contributed by atoms with van der Waals surface area (Å²) in [6, 6.07) is 1.43. The molecule has 0 aromatic carbocycles. The van der Waals surface area contributed by atoms with E-state index in [9.17, 15) is 9.59 Å². The van der Waals surface area contributed by atoms with Gasteiger partial charge in [-0.25, -0.2) is 4.79 Å². The molecule has 0 radical (unpaired) electrons. The van der Waals surface area contributed by atoms with Crippen LogP contribution in [0.25, 0.3) is 0 Å². The fourth-order valence-electron chi connectivity index (χ4n) is 0.693. The highest BCUT2D eigenvalue weighted by molar-refractivity contribution is 7.10. The van der Waals surface area contributed by atoms with Gasteiger partial charge < -0.3 is 10.8 Å². The molecule has 0 aliphatic heterocycles. The Morgan fingerprint density at radius 3 is 2.77 bits per heavy atom. The minimum absolute atomic E-state index is 0.0961. The van der Waals surface area contributed by atoms with Crippen LogP contribution >= 0.6 is 11.3 Å². The van der Waals surface area contributed by atoms with Gasteiger partial charge in [0.1, 0.15) is 0 Å². The lowest BCUT2D eigenvalue weighted by Crippen LogP contribution is -2.06. The molecule has 0 unspecified atom stereocenters. The molecule has 0 saturated heterocycles. The molecule has 0 aliphatic carbocycles. The highest BCUT2D eigenvalue weighted by Crippen LogP contribution is 2.14. The van der Waals surface area contributed by atoms with Crippen molar-refractivity contribution >= 4 is 23.2 Å². The second-order valence-corrected chi connectivity index (χ2v) is 3.00. The molecule has 3 N–H and O–H groups in total. The number of carbonyl (C=O) groups is 2. The van der Waals surface area contributed by atoms with Crippen LogP contribution in [0, 0.1) is 11.8 Å². The lowest BCUT2D eigenvalue weighted by atomic mass is 10.2. The molecule has 4 nitrogen and oxygen atoms in total. The van der Waals surface area contributed by atoms with E-state index in [1.54, 1.807) is 5.38 Å². The zero-order valence-corrected chi connectivity index (χ0v) is 7.22. The van der Waals surface area contributed by atoms with Gasteiger partial charge in [-0.05, 0) is 17.4 Å². The fraction of sp³-hybridized carbons (Fsp3) is 0. The number of aromatic carboxylic acids is 1. The first-order chi connectivity index (χ1) is 6.11. The van der Waals surface area contributed by atoms with Crippen molar-refractivity contribution in [2.45, 2.75) is 0 Å². The van der Waals surface area contributed by atoms with Gasteiger partial charge in [0.05, 0.1) is 10.4 Å². The van der Waals surface area contributed by atoms with Gasteiger partial charge in [0.25, 0.3) is 5.91 Å². The van der Waals surface area contributed by atoms with Crippen molar-refractivity contribution in [2.75, 3.05) is 0 Å². The zero-order valence-electron chi connectivity index (χ0n) is 6.40. The molecule has 66 valence electrons. The van der Waals surface area contributed by atoms with Crippen LogP contribution in [0.3, 0.4) is 0 Å². The Hall–Kier alpha value is -1.80. The van der Waals surface area contributed by atoms with Crippen LogP contribution < -0.4 is 5.73 Å². The van der Waals surface area contributed by atoms with E-state index < -0.39 is 11.9 Å². The molecule has 0 bridgehead atoms. The van der Waals surface area contributed by atoms with E-state index in [4.69, 9.17) is 10.8 Å². The number of carbonyl (C=O) groups excluding carboxylic acids is 1. The van der Waals surface area contributed by atoms with E-state index >= 15 is 0 Å². The van der Waals surface area contributed by atoms with Crippen molar-refractivity contribution in [1.82, 2.24) is 0 Å². The molecule has 1 aromatic rings. The van der Waals surface area contributed by atoms with E-state index in [1.807, 2.05) is 0 Å². The molecular weight excluding hydrogens is 190 g/mol. The minimum atomic E-state index is -1.06. The second-order valence-electron chi connectivity index (χ2n) is 2.08. The maximum Gasteiger partial charge on any atom is 0.337 e. The van der Waals surface area contributed by atoms with Crippen LogP contribution in [0.5, 0.6) is 0 Å². The quantitative estimate of drug-likeness (QED) is 0.632. The highest BCUT2D eigenvalue weighted by Gasteiger charge is 2.08. The number of thiophene rings is 1. The summed E-state index contributed by atoms with van der Waals surface area (Å²) in [6.07, 6.45) is 0. The molecular formula is C8H5NO3S. The highest BCUT2D eigenvalue weighted by atomic mass is 32.1. The van der Waals surface area contributed by atoms with E-state index in [-0.39, 0.29) is 5.56 Å². The summed E-state index contributed by atoms with van der Waals surface area (Å²) in [7, 11) is 0. The third kappa shape index (κ3) is 2.32. The number of hydrogen-bond donors (Lipinski definition) is 2. The molecule has 13 heavy (non-hydrogen) atoms. The van der Waals surface area contributed by atoms with Crippen molar-refractivity contribution in [3.8, 4) is 11.8 Å². The molecule has 1 rings (SSSR count). The zero-order chi connectivity index (χ0) is 9.84. The Morgan fingerprint density at radius 2 is 2.23 bits per heavy atom. The van der Waals surface area contributed by atoms with Gasteiger partial charge in [-0.2, -0.15) is 0 Å². The topological polar surface area (TPSA) is 80.4 Å². The summed E-state index contributed by atoms with van der Waals surface area (Å²) in [5.41, 5.74) is 4.88. The molecule has 5 heteroatoms. The third-order valence-electron chi connectivity index (χ3n) is 1.19. The monoisotopic (exact) mass is 195 g/mol. The predicted octanol–water partition coefficient (Wildman–Crippen LogP) is 0.283. The first-order valence-corrected chi connectivity index (χ1v) is 4.11. The minimum Gasteiger partial charge on any atom is -0.478 e. The van der Waals surface area contributed by atoms with Gasteiger partial charge in [0.2, 0.25) is 0 Å². The van der Waals surface area contributed by atoms with Crippen LogP contribution in [0.1, 0.15) is 15.2 Å². The average molecular weight is 195 g/mol. The third-order valence-corrected chi connectivity index (χ3v) is 2.02. The molecule has 0 spiro atoms. The number of hydrogen-bond acceptors (Lipinski definition) is 3. The molecule has 0 aliphatic rings. The molecule has 0 fully saturated rings. The van der Waals surface area contributed by atoms with Crippen LogP contribution in [0.4, 0.5) is 0 Å². The Kier molecular flexibility index (Phi) is 2.67. The van der Waals surface area contributed by atoms with Crippen molar-refractivity contribution in [1.29, 1.82) is 0 Å². The number of rotatable bonds is 1. The lowest BCUT2D eigenvalue weighted by molar-refractivity contribution is -0.112. The van der Waals surface area contributed by atoms with Crippen molar-refractivity contribution < 1.29 is 14.7 Å². The Labute approximate surface area is 78.0 Å². The number of nitrogens with two attached hydrogens (primary N) is 1. The first-order valence-electron chi connectivity index (χ1n) is 3.23. The Balaban J connectivity index is 3.04. The van der Waals surface area contributed by atoms with Crippen molar-refractivity contribution in [3.05, 3.63) is 21.9 Å². The van der Waals surface area contributed by atoms with Crippen LogP contribution in [-0.2, 0) is 4.79 Å². The normalized spacial score (nSPS) is 8.62. The predicted molar refractivity (Wildman–Crippen MR) is 47.4 cm³/mol. The second kappa shape index (κ2) is 3.74. The standard InChI is InChI=1S/C8H5NO3S/c9-7(10)2-1-6-5(8(11)12)3-4-13-6/h3-4H,(H2,9,10)(H,11,12). The van der Waals surface area contributed by atoms with E-state index in [0.29, 0.717) is 4.88 Å². The van der Waals surface area contributed by atoms with Gasteiger partial charge in [0, 0.05) is 5.92 Å². The Bertz CT molecular complexity index is 411. The number of carboxylic acids is 1. The van der Waals surface area contributed by atoms with Gasteiger partial charge >= 0.3 is 5.97 Å². The molecule has 0 atom stereocenters. The summed E-state index contributed by atoms with van der Waals surface area (Å²) < 4.78 is 0. The number of amides is 1. The van der Waals surface area contributed by atoms with E-state index in [2.05, 4.69) is 11.8 Å². The summed E-state index contributed by atoms with van der Waals surface area (Å²) >= 11 is 1.16. The SMILES string of the molecule is NC(=O)C#Cc1sccc1C(=O)O. The number of primary amides is 1. The van der Waals surface area contributed by atoms with Gasteiger partial charge in [-0.1, -0.05) is 0 Å². The number of carboxylic acid groups (broad SMARTS) is 1. The van der Waals surface area contributed by atoms with Crippen molar-refractivity contribution in [2.24, 2.45) is 5.73 Å². The largest absolute Gasteiger partial charge is 0.478 e. The molecule has 1 heterocycles. The van der Waals surface area contributed by atoms with Crippen LogP contribution in [0.2, 0.25) is 0 Å². The van der Waals surface area contributed by atoms with Gasteiger partial charge in [-0.3, -0.25) is 4.79 Å². The molecule has 1 amide bonds. The fourth-order valence-corrected chi connectivity index (χ4v) is 1.43. The summed E-state index contributed by atoms with van der Waals surface area (Å²) in [5.74, 6) is 2.63. The van der Waals surface area contributed by atoms with Gasteiger partial charge in [0.15, 0.2) is 0 Å². The Morgan fingerprint density at radius 1 is 1.54 bits per heavy atom. The summed E-state index contributed by atoms with van der Waals surface area (Å²) in [5, 5.41) is 10.2. The maximum absolute atomic E-state index is 10.6. The summed E-state index contributed by atoms with van der Waals surface area (Å²) in [4.78, 5) is 21.2. The van der Waals surface area contributed by atoms with Crippen molar-refractivity contribution in [3.63, 3.8) is 0 Å². The van der Waals surface area contributed by atoms with Gasteiger partial charge in [-0.15, -0.1) is 11.3 Å². The summed E-state index contributed by atoms with van der Waals surface area (Å²) in [6.45, 7) is 0. The maximum atomic E-state index is 10.6.